The largest absolute Gasteiger partial charge is 0.476 e. The number of rotatable bonds is 0. The number of hydrogen-bond acceptors (Lipinski definition) is 4. The molecule has 0 aromatic carbocycles. The molecule has 0 N–H and O–H groups in total. The fourth-order valence-electron chi connectivity index (χ4n) is 0.295. The van der Waals surface area contributed by atoms with E-state index in [0.717, 1.165) is 0 Å². The van der Waals surface area contributed by atoms with Gasteiger partial charge < -0.3 is 9.47 Å². The SMILES string of the molecule is COC(=O)/N=C(\OC)SC. The van der Waals surface area contributed by atoms with Gasteiger partial charge in [-0.25, -0.2) is 4.79 Å². The maximum atomic E-state index is 10.4. The summed E-state index contributed by atoms with van der Waals surface area (Å²) in [5.74, 6) is 0. The highest BCUT2D eigenvalue weighted by Gasteiger charge is 1.99. The highest BCUT2D eigenvalue weighted by Crippen LogP contribution is 1.99. The van der Waals surface area contributed by atoms with Crippen LogP contribution in [-0.2, 0) is 9.47 Å². The molecule has 0 radical (unpaired) electrons. The summed E-state index contributed by atoms with van der Waals surface area (Å²) in [6, 6.07) is 0. The van der Waals surface area contributed by atoms with Crippen LogP contribution in [0.3, 0.4) is 0 Å². The Morgan fingerprint density at radius 1 is 1.40 bits per heavy atom. The van der Waals surface area contributed by atoms with Gasteiger partial charge in [-0.2, -0.15) is 0 Å². The van der Waals surface area contributed by atoms with Crippen molar-refractivity contribution in [2.45, 2.75) is 0 Å². The summed E-state index contributed by atoms with van der Waals surface area (Å²) in [6.45, 7) is 0. The number of thioether (sulfide) groups is 1. The van der Waals surface area contributed by atoms with Crippen molar-refractivity contribution in [1.82, 2.24) is 0 Å². The molecule has 0 aliphatic heterocycles. The topological polar surface area (TPSA) is 47.9 Å². The average Bonchev–Trinajstić information content (AvgIpc) is 1.99. The number of ether oxygens (including phenoxy) is 2. The van der Waals surface area contributed by atoms with Gasteiger partial charge in [0.2, 0.25) is 0 Å². The Labute approximate surface area is 63.6 Å². The Morgan fingerprint density at radius 2 is 2.00 bits per heavy atom. The molecule has 0 spiro atoms. The van der Waals surface area contributed by atoms with Gasteiger partial charge in [-0.1, -0.05) is 11.8 Å². The van der Waals surface area contributed by atoms with E-state index in [0.29, 0.717) is 5.23 Å². The van der Waals surface area contributed by atoms with Crippen molar-refractivity contribution in [1.29, 1.82) is 0 Å². The predicted octanol–water partition coefficient (Wildman–Crippen LogP) is 1.12. The molecule has 1 amide bonds. The normalized spacial score (nSPS) is 10.9. The van der Waals surface area contributed by atoms with Crippen molar-refractivity contribution in [3.63, 3.8) is 0 Å². The summed E-state index contributed by atoms with van der Waals surface area (Å²) >= 11 is 1.24. The van der Waals surface area contributed by atoms with Crippen LogP contribution in [0, 0.1) is 0 Å². The van der Waals surface area contributed by atoms with Gasteiger partial charge in [-0.3, -0.25) is 0 Å². The average molecular weight is 163 g/mol. The van der Waals surface area contributed by atoms with Crippen LogP contribution in [0.2, 0.25) is 0 Å². The van der Waals surface area contributed by atoms with E-state index in [1.807, 2.05) is 0 Å². The lowest BCUT2D eigenvalue weighted by Gasteiger charge is -1.97. The zero-order valence-electron chi connectivity index (χ0n) is 6.08. The van der Waals surface area contributed by atoms with E-state index >= 15 is 0 Å². The Bertz CT molecular complexity index is 140. The van der Waals surface area contributed by atoms with Gasteiger partial charge in [0.25, 0.3) is 5.23 Å². The minimum absolute atomic E-state index is 0.298. The lowest BCUT2D eigenvalue weighted by Crippen LogP contribution is -2.01. The third kappa shape index (κ3) is 3.34. The number of carbonyl (C=O) groups excluding carboxylic acids is 1. The van der Waals surface area contributed by atoms with Crippen LogP contribution in [0.15, 0.2) is 4.99 Å². The Balaban J connectivity index is 3.96. The van der Waals surface area contributed by atoms with Crippen molar-refractivity contribution < 1.29 is 14.3 Å². The van der Waals surface area contributed by atoms with E-state index in [1.54, 1.807) is 6.26 Å². The molecular formula is C5H9NO3S. The summed E-state index contributed by atoms with van der Waals surface area (Å²) in [6.07, 6.45) is 1.11. The Morgan fingerprint density at radius 3 is 2.30 bits per heavy atom. The first-order valence-corrected chi connectivity index (χ1v) is 3.71. The monoisotopic (exact) mass is 163 g/mol. The molecular weight excluding hydrogens is 154 g/mol. The number of amides is 1. The van der Waals surface area contributed by atoms with E-state index in [-0.39, 0.29) is 0 Å². The summed E-state index contributed by atoms with van der Waals surface area (Å²) in [4.78, 5) is 13.9. The minimum Gasteiger partial charge on any atom is -0.476 e. The number of carbonyl (C=O) groups is 1. The minimum atomic E-state index is -0.647. The fraction of sp³-hybridized carbons (Fsp3) is 0.600. The molecule has 0 unspecified atom stereocenters. The van der Waals surface area contributed by atoms with Gasteiger partial charge in [0.1, 0.15) is 0 Å². The molecule has 0 atom stereocenters. The van der Waals surface area contributed by atoms with Crippen molar-refractivity contribution in [3.8, 4) is 0 Å². The zero-order valence-corrected chi connectivity index (χ0v) is 6.90. The molecule has 0 fully saturated rings. The molecule has 0 aromatic rings. The molecule has 58 valence electrons. The van der Waals surface area contributed by atoms with E-state index < -0.39 is 6.09 Å². The standard InChI is InChI=1S/C5H9NO3S/c1-8-4(7)6-5(9-2)10-3/h1-3H3/b6-5+. The molecule has 0 saturated carbocycles. The zero-order chi connectivity index (χ0) is 7.98. The smallest absolute Gasteiger partial charge is 0.437 e. The second-order valence-corrected chi connectivity index (χ2v) is 2.01. The number of hydrogen-bond donors (Lipinski definition) is 0. The van der Waals surface area contributed by atoms with E-state index in [2.05, 4.69) is 14.5 Å². The van der Waals surface area contributed by atoms with E-state index in [9.17, 15) is 4.79 Å². The van der Waals surface area contributed by atoms with Gasteiger partial charge >= 0.3 is 6.09 Å². The van der Waals surface area contributed by atoms with Crippen LogP contribution in [-0.4, -0.2) is 31.8 Å². The maximum Gasteiger partial charge on any atom is 0.437 e. The van der Waals surface area contributed by atoms with Gasteiger partial charge in [0.05, 0.1) is 14.2 Å². The van der Waals surface area contributed by atoms with Gasteiger partial charge in [0.15, 0.2) is 0 Å². The molecule has 0 aliphatic rings. The Kier molecular flexibility index (Phi) is 4.74. The molecule has 0 rings (SSSR count). The molecule has 4 nitrogen and oxygen atoms in total. The Hall–Kier alpha value is -0.710. The van der Waals surface area contributed by atoms with Gasteiger partial charge in [-0.05, 0) is 6.26 Å². The highest BCUT2D eigenvalue weighted by molar-refractivity contribution is 8.12. The number of methoxy groups -OCH3 is 2. The second kappa shape index (κ2) is 5.10. The van der Waals surface area contributed by atoms with Crippen molar-refractivity contribution >= 4 is 23.1 Å². The van der Waals surface area contributed by atoms with Crippen molar-refractivity contribution in [3.05, 3.63) is 0 Å². The lowest BCUT2D eigenvalue weighted by molar-refractivity contribution is 0.182. The summed E-state index contributed by atoms with van der Waals surface area (Å²) < 4.78 is 8.95. The van der Waals surface area contributed by atoms with Crippen LogP contribution in [0.1, 0.15) is 0 Å². The number of aliphatic imine (C=N–C) groups is 1. The second-order valence-electron chi connectivity index (χ2n) is 1.26. The third-order valence-electron chi connectivity index (χ3n) is 0.706. The first-order chi connectivity index (χ1) is 4.74. The molecule has 0 aliphatic carbocycles. The molecule has 0 saturated heterocycles. The van der Waals surface area contributed by atoms with Crippen LogP contribution in [0.4, 0.5) is 4.79 Å². The third-order valence-corrected chi connectivity index (χ3v) is 1.31. The lowest BCUT2D eigenvalue weighted by atomic mass is 11.1. The van der Waals surface area contributed by atoms with Crippen LogP contribution >= 0.6 is 11.8 Å². The molecule has 10 heavy (non-hydrogen) atoms. The first kappa shape index (κ1) is 9.29. The van der Waals surface area contributed by atoms with E-state index in [4.69, 9.17) is 0 Å². The van der Waals surface area contributed by atoms with Crippen LogP contribution in [0.25, 0.3) is 0 Å². The molecule has 0 aromatic heterocycles. The van der Waals surface area contributed by atoms with Gasteiger partial charge in [-0.15, -0.1) is 4.99 Å². The molecule has 0 heterocycles. The predicted molar refractivity (Wildman–Crippen MR) is 40.4 cm³/mol. The van der Waals surface area contributed by atoms with Crippen molar-refractivity contribution in [2.24, 2.45) is 4.99 Å². The summed E-state index contributed by atoms with van der Waals surface area (Å²) in [5, 5.41) is 0.298. The van der Waals surface area contributed by atoms with Crippen LogP contribution in [0.5, 0.6) is 0 Å². The molecule has 0 bridgehead atoms. The number of nitrogens with zero attached hydrogens (tertiary/aromatic N) is 1. The summed E-state index contributed by atoms with van der Waals surface area (Å²) in [5.41, 5.74) is 0. The highest BCUT2D eigenvalue weighted by atomic mass is 32.2. The fourth-order valence-corrected chi connectivity index (χ4v) is 0.627. The van der Waals surface area contributed by atoms with Crippen molar-refractivity contribution in [2.75, 3.05) is 20.5 Å². The summed E-state index contributed by atoms with van der Waals surface area (Å²) in [7, 11) is 2.71. The quantitative estimate of drug-likeness (QED) is 0.396. The maximum absolute atomic E-state index is 10.4. The van der Waals surface area contributed by atoms with Gasteiger partial charge in [0, 0.05) is 0 Å². The van der Waals surface area contributed by atoms with E-state index in [1.165, 1.54) is 26.0 Å². The molecule has 5 heteroatoms. The first-order valence-electron chi connectivity index (χ1n) is 2.49. The van der Waals surface area contributed by atoms with Crippen LogP contribution < -0.4 is 0 Å².